The highest BCUT2D eigenvalue weighted by molar-refractivity contribution is 5.87. The second-order valence-corrected chi connectivity index (χ2v) is 8.21. The highest BCUT2D eigenvalue weighted by Gasteiger charge is 2.25. The Bertz CT molecular complexity index is 964. The first-order valence-electron chi connectivity index (χ1n) is 10.7. The van der Waals surface area contributed by atoms with Gasteiger partial charge >= 0.3 is 0 Å². The predicted molar refractivity (Wildman–Crippen MR) is 119 cm³/mol. The second kappa shape index (κ2) is 8.95. The molecule has 1 fully saturated rings. The maximum absolute atomic E-state index is 5.28. The zero-order valence-corrected chi connectivity index (χ0v) is 18.3. The van der Waals surface area contributed by atoms with Gasteiger partial charge < -0.3 is 19.1 Å². The average Bonchev–Trinajstić information content (AvgIpc) is 3.22. The third kappa shape index (κ3) is 4.09. The normalized spacial score (nSPS) is 15.3. The van der Waals surface area contributed by atoms with Crippen LogP contribution in [0, 0.1) is 0 Å². The average molecular weight is 410 g/mol. The van der Waals surface area contributed by atoms with Gasteiger partial charge in [-0.25, -0.2) is 19.9 Å². The van der Waals surface area contributed by atoms with E-state index in [0.717, 1.165) is 61.0 Å². The molecule has 8 nitrogen and oxygen atoms in total. The summed E-state index contributed by atoms with van der Waals surface area (Å²) in [4.78, 5) is 23.0. The molecule has 160 valence electrons. The largest absolute Gasteiger partial charge is 0.383 e. The number of nitrogens with zero attached hydrogens (tertiary/aromatic N) is 7. The van der Waals surface area contributed by atoms with Crippen molar-refractivity contribution in [2.24, 2.45) is 0 Å². The Morgan fingerprint density at radius 2 is 1.90 bits per heavy atom. The van der Waals surface area contributed by atoms with Crippen LogP contribution in [0.4, 0.5) is 11.8 Å². The number of aromatic nitrogens is 5. The van der Waals surface area contributed by atoms with Gasteiger partial charge in [0.2, 0.25) is 5.95 Å². The quantitative estimate of drug-likeness (QED) is 0.593. The molecule has 1 saturated heterocycles. The highest BCUT2D eigenvalue weighted by Crippen LogP contribution is 2.33. The number of pyridine rings is 1. The molecule has 1 aliphatic heterocycles. The summed E-state index contributed by atoms with van der Waals surface area (Å²) in [6.45, 7) is 7.69. The molecule has 4 heterocycles. The summed E-state index contributed by atoms with van der Waals surface area (Å²) in [5.41, 5.74) is 3.27. The van der Waals surface area contributed by atoms with E-state index in [2.05, 4.69) is 51.3 Å². The van der Waals surface area contributed by atoms with E-state index in [4.69, 9.17) is 14.7 Å². The van der Waals surface area contributed by atoms with E-state index < -0.39 is 0 Å². The summed E-state index contributed by atoms with van der Waals surface area (Å²) in [6.07, 6.45) is 7.61. The highest BCUT2D eigenvalue weighted by atomic mass is 16.5. The number of rotatable bonds is 7. The third-order valence-corrected chi connectivity index (χ3v) is 5.86. The van der Waals surface area contributed by atoms with Crippen LogP contribution in [0.1, 0.15) is 44.3 Å². The Labute approximate surface area is 177 Å². The first kappa shape index (κ1) is 20.5. The Morgan fingerprint density at radius 3 is 2.57 bits per heavy atom. The lowest BCUT2D eigenvalue weighted by atomic mass is 9.93. The lowest BCUT2D eigenvalue weighted by Crippen LogP contribution is -2.34. The fourth-order valence-corrected chi connectivity index (χ4v) is 4.08. The lowest BCUT2D eigenvalue weighted by molar-refractivity contribution is 0.206. The van der Waals surface area contributed by atoms with Crippen LogP contribution in [0.5, 0.6) is 0 Å². The summed E-state index contributed by atoms with van der Waals surface area (Å²) >= 11 is 0. The Kier molecular flexibility index (Phi) is 6.13. The topological polar surface area (TPSA) is 72.2 Å². The Hall–Kier alpha value is -2.74. The van der Waals surface area contributed by atoms with E-state index in [1.54, 1.807) is 19.5 Å². The van der Waals surface area contributed by atoms with Gasteiger partial charge in [0.05, 0.1) is 18.5 Å². The number of fused-ring (bicyclic) bond motifs is 1. The van der Waals surface area contributed by atoms with Crippen LogP contribution in [0.3, 0.4) is 0 Å². The van der Waals surface area contributed by atoms with E-state index in [0.29, 0.717) is 18.6 Å². The van der Waals surface area contributed by atoms with Gasteiger partial charge in [0.1, 0.15) is 5.52 Å². The molecular formula is C22H31N7O. The Balaban J connectivity index is 1.63. The van der Waals surface area contributed by atoms with Gasteiger partial charge in [-0.05, 0) is 38.8 Å². The van der Waals surface area contributed by atoms with Crippen LogP contribution in [0.25, 0.3) is 11.0 Å². The summed E-state index contributed by atoms with van der Waals surface area (Å²) in [5.74, 6) is 2.17. The molecule has 0 atom stereocenters. The molecule has 0 N–H and O–H groups in total. The lowest BCUT2D eigenvalue weighted by Gasteiger charge is -2.32. The second-order valence-electron chi connectivity index (χ2n) is 8.21. The number of ether oxygens (including phenoxy) is 1. The van der Waals surface area contributed by atoms with Gasteiger partial charge in [-0.3, -0.25) is 0 Å². The fraction of sp³-hybridized carbons (Fsp3) is 0.545. The van der Waals surface area contributed by atoms with Crippen molar-refractivity contribution in [3.8, 4) is 0 Å². The maximum atomic E-state index is 5.28. The van der Waals surface area contributed by atoms with Crippen molar-refractivity contribution in [3.63, 3.8) is 0 Å². The number of anilines is 2. The molecule has 1 aliphatic rings. The number of imidazole rings is 1. The van der Waals surface area contributed by atoms with E-state index in [1.807, 2.05) is 12.4 Å². The smallest absolute Gasteiger partial charge is 0.225 e. The molecular weight excluding hydrogens is 378 g/mol. The molecule has 0 bridgehead atoms. The molecule has 3 aromatic rings. The van der Waals surface area contributed by atoms with E-state index in [9.17, 15) is 0 Å². The van der Waals surface area contributed by atoms with Crippen LogP contribution < -0.4 is 9.80 Å². The molecule has 0 radical (unpaired) electrons. The minimum atomic E-state index is 0.347. The molecule has 0 saturated carbocycles. The van der Waals surface area contributed by atoms with Gasteiger partial charge in [-0.2, -0.15) is 0 Å². The van der Waals surface area contributed by atoms with Gasteiger partial charge in [0.15, 0.2) is 5.82 Å². The zero-order valence-electron chi connectivity index (χ0n) is 18.3. The van der Waals surface area contributed by atoms with Gasteiger partial charge in [-0.1, -0.05) is 0 Å². The molecule has 0 aliphatic carbocycles. The minimum absolute atomic E-state index is 0.347. The number of likely N-dealkylation sites (N-methyl/N-ethyl adjacent to an activating group) is 1. The van der Waals surface area contributed by atoms with Crippen LogP contribution in [-0.2, 0) is 4.74 Å². The summed E-state index contributed by atoms with van der Waals surface area (Å²) in [6, 6.07) is 4.45. The zero-order chi connectivity index (χ0) is 21.1. The fourth-order valence-electron chi connectivity index (χ4n) is 4.08. The number of methoxy groups -OCH3 is 1. The predicted octanol–water partition coefficient (Wildman–Crippen LogP) is 3.27. The summed E-state index contributed by atoms with van der Waals surface area (Å²) in [7, 11) is 3.79. The molecule has 4 rings (SSSR count). The molecule has 0 aromatic carbocycles. The van der Waals surface area contributed by atoms with Crippen LogP contribution in [0.2, 0.25) is 0 Å². The number of hydrogen-bond acceptors (Lipinski definition) is 7. The molecule has 3 aromatic heterocycles. The Morgan fingerprint density at radius 1 is 1.17 bits per heavy atom. The van der Waals surface area contributed by atoms with Crippen molar-refractivity contribution < 1.29 is 4.74 Å². The van der Waals surface area contributed by atoms with Crippen LogP contribution in [0.15, 0.2) is 30.9 Å². The molecule has 0 amide bonds. The summed E-state index contributed by atoms with van der Waals surface area (Å²) in [5, 5.41) is 0. The molecule has 0 spiro atoms. The maximum Gasteiger partial charge on any atom is 0.225 e. The van der Waals surface area contributed by atoms with Crippen molar-refractivity contribution in [1.82, 2.24) is 24.5 Å². The SMILES string of the molecule is COCCN(C)c1nc(C2CCN(c3ncccn3)CC2)cc2c1ncn2C(C)C. The number of piperidine rings is 1. The van der Waals surface area contributed by atoms with Crippen molar-refractivity contribution >= 4 is 22.8 Å². The first-order chi connectivity index (χ1) is 14.6. The van der Waals surface area contributed by atoms with Crippen molar-refractivity contribution in [3.05, 3.63) is 36.5 Å². The standard InChI is InChI=1S/C22H31N7O/c1-16(2)29-15-25-20-19(29)14-18(26-21(20)27(3)12-13-30-4)17-6-10-28(11-7-17)22-23-8-5-9-24-22/h5,8-9,14-17H,6-7,10-13H2,1-4H3. The van der Waals surface area contributed by atoms with Crippen molar-refractivity contribution in [1.29, 1.82) is 0 Å². The van der Waals surface area contributed by atoms with Crippen LogP contribution >= 0.6 is 0 Å². The molecule has 8 heteroatoms. The van der Waals surface area contributed by atoms with Crippen molar-refractivity contribution in [2.45, 2.75) is 38.6 Å². The molecule has 0 unspecified atom stereocenters. The van der Waals surface area contributed by atoms with E-state index >= 15 is 0 Å². The monoisotopic (exact) mass is 409 g/mol. The van der Waals surface area contributed by atoms with Gasteiger partial charge in [-0.15, -0.1) is 0 Å². The van der Waals surface area contributed by atoms with E-state index in [-0.39, 0.29) is 0 Å². The van der Waals surface area contributed by atoms with E-state index in [1.165, 1.54) is 0 Å². The number of hydrogen-bond donors (Lipinski definition) is 0. The minimum Gasteiger partial charge on any atom is -0.383 e. The first-order valence-corrected chi connectivity index (χ1v) is 10.7. The van der Waals surface area contributed by atoms with Crippen LogP contribution in [-0.4, -0.2) is 64.9 Å². The van der Waals surface area contributed by atoms with Gasteiger partial charge in [0.25, 0.3) is 0 Å². The van der Waals surface area contributed by atoms with Crippen molar-refractivity contribution in [2.75, 3.05) is 50.2 Å². The van der Waals surface area contributed by atoms with Gasteiger partial charge in [0, 0.05) is 63.8 Å². The molecule has 30 heavy (non-hydrogen) atoms. The third-order valence-electron chi connectivity index (χ3n) is 5.86. The summed E-state index contributed by atoms with van der Waals surface area (Å²) < 4.78 is 7.51.